The second kappa shape index (κ2) is 11.4. The van der Waals surface area contributed by atoms with Gasteiger partial charge in [0.25, 0.3) is 0 Å². The predicted molar refractivity (Wildman–Crippen MR) is 158 cm³/mol. The summed E-state index contributed by atoms with van der Waals surface area (Å²) in [5.41, 5.74) is 6.51. The van der Waals surface area contributed by atoms with E-state index in [0.29, 0.717) is 47.8 Å². The number of aromatic nitrogens is 4. The van der Waals surface area contributed by atoms with Gasteiger partial charge in [0.15, 0.2) is 11.5 Å². The summed E-state index contributed by atoms with van der Waals surface area (Å²) >= 11 is 1.66. The Kier molecular flexibility index (Phi) is 7.54. The van der Waals surface area contributed by atoms with Crippen molar-refractivity contribution in [2.24, 2.45) is 5.73 Å². The number of thiophene rings is 1. The van der Waals surface area contributed by atoms with Gasteiger partial charge >= 0.3 is 0 Å². The molecule has 216 valence electrons. The van der Waals surface area contributed by atoms with Gasteiger partial charge in [0.05, 0.1) is 38.6 Å². The maximum Gasteiger partial charge on any atom is 0.240 e. The monoisotopic (exact) mass is 578 g/mol. The van der Waals surface area contributed by atoms with Crippen LogP contribution in [0.5, 0.6) is 17.2 Å². The lowest BCUT2D eigenvalue weighted by molar-refractivity contribution is -0.119. The van der Waals surface area contributed by atoms with Gasteiger partial charge in [0.2, 0.25) is 17.6 Å². The van der Waals surface area contributed by atoms with Gasteiger partial charge in [-0.3, -0.25) is 9.69 Å². The van der Waals surface area contributed by atoms with Crippen LogP contribution in [0.4, 0.5) is 17.6 Å². The molecule has 12 nitrogen and oxygen atoms in total. The molecule has 5 heterocycles. The lowest BCUT2D eigenvalue weighted by Crippen LogP contribution is -2.41. The van der Waals surface area contributed by atoms with Crippen LogP contribution >= 0.6 is 11.3 Å². The van der Waals surface area contributed by atoms with E-state index in [0.717, 1.165) is 42.0 Å². The number of nitrogens with one attached hydrogen (secondary N) is 1. The highest BCUT2D eigenvalue weighted by molar-refractivity contribution is 7.18. The Labute approximate surface area is 242 Å². The van der Waals surface area contributed by atoms with Gasteiger partial charge in [0.1, 0.15) is 28.8 Å². The molecular formula is C28H34N8O4S. The fourth-order valence-corrected chi connectivity index (χ4v) is 6.66. The second-order valence-corrected chi connectivity index (χ2v) is 11.3. The highest BCUT2D eigenvalue weighted by Gasteiger charge is 2.32. The molecule has 41 heavy (non-hydrogen) atoms. The number of nitrogens with zero attached hydrogens (tertiary/aromatic N) is 6. The maximum atomic E-state index is 12.2. The van der Waals surface area contributed by atoms with Gasteiger partial charge in [-0.05, 0) is 44.8 Å². The van der Waals surface area contributed by atoms with E-state index in [-0.39, 0.29) is 5.91 Å². The molecular weight excluding hydrogens is 544 g/mol. The first-order valence-corrected chi connectivity index (χ1v) is 14.5. The van der Waals surface area contributed by atoms with Crippen molar-refractivity contribution in [1.82, 2.24) is 24.4 Å². The molecule has 1 atom stereocenters. The van der Waals surface area contributed by atoms with Crippen LogP contribution in [0.1, 0.15) is 30.6 Å². The molecule has 0 spiro atoms. The van der Waals surface area contributed by atoms with Crippen molar-refractivity contribution in [2.45, 2.75) is 38.3 Å². The summed E-state index contributed by atoms with van der Waals surface area (Å²) in [7, 11) is 4.74. The first kappa shape index (κ1) is 27.1. The predicted octanol–water partition coefficient (Wildman–Crippen LogP) is 3.70. The minimum atomic E-state index is -0.413. The van der Waals surface area contributed by atoms with E-state index in [1.54, 1.807) is 39.0 Å². The maximum absolute atomic E-state index is 12.2. The van der Waals surface area contributed by atoms with Gasteiger partial charge in [-0.1, -0.05) is 0 Å². The minimum Gasteiger partial charge on any atom is -0.493 e. The average Bonchev–Trinajstić information content (AvgIpc) is 3.79. The Morgan fingerprint density at radius 1 is 1.05 bits per heavy atom. The Bertz CT molecular complexity index is 1540. The number of imidazole rings is 1. The SMILES string of the molecule is COc1cc(-n2cnc(Nc3nc(N4CCC[C@H]4C(N)=O)nc4sc(CN5CCCC5)cc34)c2)cc(OC)c1OC. The van der Waals surface area contributed by atoms with Crippen LogP contribution in [0.25, 0.3) is 15.9 Å². The number of benzene rings is 1. The molecule has 4 aromatic rings. The number of anilines is 3. The number of hydrogen-bond donors (Lipinski definition) is 2. The largest absolute Gasteiger partial charge is 0.493 e. The van der Waals surface area contributed by atoms with E-state index >= 15 is 0 Å². The van der Waals surface area contributed by atoms with Crippen LogP contribution in [0.15, 0.2) is 30.7 Å². The standard InChI is InChI=1S/C28H34N8O4S/c1-38-21-11-17(12-22(39-2)24(21)40-3)35-15-23(30-16-35)31-26-19-13-18(14-34-8-4-5-9-34)41-27(19)33-28(32-26)36-10-6-7-20(36)25(29)37/h11-13,15-16,20H,4-10,14H2,1-3H3,(H2,29,37)(H,31,32,33)/t20-/m0/s1. The average molecular weight is 579 g/mol. The molecule has 0 aliphatic carbocycles. The number of ether oxygens (including phenoxy) is 3. The van der Waals surface area contributed by atoms with Gasteiger partial charge < -0.3 is 34.7 Å². The van der Waals surface area contributed by atoms with Crippen LogP contribution in [-0.4, -0.2) is 77.3 Å². The summed E-state index contributed by atoms with van der Waals surface area (Å²) in [6.07, 6.45) is 7.61. The third kappa shape index (κ3) is 5.34. The van der Waals surface area contributed by atoms with E-state index < -0.39 is 6.04 Å². The van der Waals surface area contributed by atoms with Gasteiger partial charge in [0, 0.05) is 30.1 Å². The summed E-state index contributed by atoms with van der Waals surface area (Å²) in [6.45, 7) is 3.80. The van der Waals surface area contributed by atoms with Gasteiger partial charge in [-0.25, -0.2) is 9.97 Å². The van der Waals surface area contributed by atoms with Crippen molar-refractivity contribution < 1.29 is 19.0 Å². The van der Waals surface area contributed by atoms with E-state index in [2.05, 4.69) is 21.3 Å². The molecule has 1 amide bonds. The molecule has 3 aromatic heterocycles. The summed E-state index contributed by atoms with van der Waals surface area (Å²) in [5.74, 6) is 3.00. The van der Waals surface area contributed by atoms with Crippen LogP contribution in [0.2, 0.25) is 0 Å². The molecule has 3 N–H and O–H groups in total. The molecule has 0 radical (unpaired) electrons. The number of hydrogen-bond acceptors (Lipinski definition) is 11. The molecule has 0 saturated carbocycles. The van der Waals surface area contributed by atoms with Gasteiger partial charge in [-0.15, -0.1) is 11.3 Å². The van der Waals surface area contributed by atoms with E-state index in [4.69, 9.17) is 29.9 Å². The number of nitrogens with two attached hydrogens (primary N) is 1. The molecule has 2 saturated heterocycles. The zero-order valence-electron chi connectivity index (χ0n) is 23.4. The molecule has 2 aliphatic heterocycles. The third-order valence-electron chi connectivity index (χ3n) is 7.62. The normalized spacial score (nSPS) is 17.3. The lowest BCUT2D eigenvalue weighted by Gasteiger charge is -2.22. The number of rotatable bonds is 10. The second-order valence-electron chi connectivity index (χ2n) is 10.2. The Balaban J connectivity index is 1.36. The highest BCUT2D eigenvalue weighted by Crippen LogP contribution is 2.40. The van der Waals surface area contributed by atoms with Crippen molar-refractivity contribution >= 4 is 45.0 Å². The van der Waals surface area contributed by atoms with Crippen LogP contribution in [0.3, 0.4) is 0 Å². The number of methoxy groups -OCH3 is 3. The van der Waals surface area contributed by atoms with Crippen LogP contribution < -0.4 is 30.2 Å². The molecule has 1 aromatic carbocycles. The number of amides is 1. The van der Waals surface area contributed by atoms with Crippen molar-refractivity contribution in [2.75, 3.05) is 51.2 Å². The number of fused-ring (bicyclic) bond motifs is 1. The van der Waals surface area contributed by atoms with E-state index in [1.807, 2.05) is 27.8 Å². The first-order chi connectivity index (χ1) is 20.0. The summed E-state index contributed by atoms with van der Waals surface area (Å²) in [6, 6.07) is 5.46. The molecule has 13 heteroatoms. The quantitative estimate of drug-likeness (QED) is 0.287. The van der Waals surface area contributed by atoms with Crippen molar-refractivity contribution in [3.8, 4) is 22.9 Å². The highest BCUT2D eigenvalue weighted by atomic mass is 32.1. The smallest absolute Gasteiger partial charge is 0.240 e. The topological polar surface area (TPSA) is 133 Å². The zero-order chi connectivity index (χ0) is 28.5. The summed E-state index contributed by atoms with van der Waals surface area (Å²) in [5, 5.41) is 4.33. The lowest BCUT2D eigenvalue weighted by atomic mass is 10.2. The van der Waals surface area contributed by atoms with Crippen molar-refractivity contribution in [3.05, 3.63) is 35.6 Å². The fraction of sp³-hybridized carbons (Fsp3) is 0.429. The molecule has 2 fully saturated rings. The minimum absolute atomic E-state index is 0.356. The van der Waals surface area contributed by atoms with E-state index in [1.165, 1.54) is 17.7 Å². The van der Waals surface area contributed by atoms with E-state index in [9.17, 15) is 4.79 Å². The first-order valence-electron chi connectivity index (χ1n) is 13.7. The van der Waals surface area contributed by atoms with Crippen molar-refractivity contribution in [1.29, 1.82) is 0 Å². The van der Waals surface area contributed by atoms with Gasteiger partial charge in [-0.2, -0.15) is 4.98 Å². The summed E-state index contributed by atoms with van der Waals surface area (Å²) in [4.78, 5) is 33.0. The molecule has 2 aliphatic rings. The van der Waals surface area contributed by atoms with Crippen molar-refractivity contribution in [3.63, 3.8) is 0 Å². The number of primary amides is 1. The fourth-order valence-electron chi connectivity index (χ4n) is 5.59. The Morgan fingerprint density at radius 3 is 2.49 bits per heavy atom. The summed E-state index contributed by atoms with van der Waals surface area (Å²) < 4.78 is 18.4. The number of carbonyl (C=O) groups is 1. The molecule has 0 bridgehead atoms. The van der Waals surface area contributed by atoms with Crippen LogP contribution in [-0.2, 0) is 11.3 Å². The number of likely N-dealkylation sites (tertiary alicyclic amines) is 1. The zero-order valence-corrected chi connectivity index (χ0v) is 24.2. The molecule has 0 unspecified atom stereocenters. The number of carbonyl (C=O) groups excluding carboxylic acids is 1. The Hall–Kier alpha value is -4.10. The van der Waals surface area contributed by atoms with Crippen LogP contribution in [0, 0.1) is 0 Å². The molecule has 6 rings (SSSR count). The third-order valence-corrected chi connectivity index (χ3v) is 8.64. The Morgan fingerprint density at radius 2 is 1.80 bits per heavy atom.